The fraction of sp³-hybridized carbons (Fsp3) is 0.261. The lowest BCUT2D eigenvalue weighted by molar-refractivity contribution is -0.192. The lowest BCUT2D eigenvalue weighted by Gasteiger charge is -2.16. The molecule has 1 aliphatic rings. The first kappa shape index (κ1) is 23.9. The highest BCUT2D eigenvalue weighted by Crippen LogP contribution is 2.27. The van der Waals surface area contributed by atoms with Gasteiger partial charge in [0, 0.05) is 62.0 Å². The Morgan fingerprint density at radius 3 is 2.51 bits per heavy atom. The van der Waals surface area contributed by atoms with Gasteiger partial charge in [0.25, 0.3) is 5.91 Å². The molecule has 1 N–H and O–H groups in total. The Kier molecular flexibility index (Phi) is 6.54. The van der Waals surface area contributed by atoms with E-state index < -0.39 is 12.1 Å². The first-order chi connectivity index (χ1) is 16.6. The minimum absolute atomic E-state index is 0.0672. The molecule has 1 unspecified atom stereocenters. The van der Waals surface area contributed by atoms with Gasteiger partial charge in [-0.25, -0.2) is 14.3 Å². The first-order valence-electron chi connectivity index (χ1n) is 10.6. The van der Waals surface area contributed by atoms with Crippen LogP contribution < -0.4 is 0 Å². The van der Waals surface area contributed by atoms with E-state index in [1.54, 1.807) is 6.20 Å². The summed E-state index contributed by atoms with van der Waals surface area (Å²) in [4.78, 5) is 32.4. The molecule has 0 bridgehead atoms. The number of aliphatic carboxylic acids is 1. The van der Waals surface area contributed by atoms with Crippen LogP contribution in [0.1, 0.15) is 28.7 Å². The Balaban J connectivity index is 0.000000364. The van der Waals surface area contributed by atoms with Gasteiger partial charge in [-0.15, -0.1) is 0 Å². The summed E-state index contributed by atoms with van der Waals surface area (Å²) >= 11 is 0. The standard InChI is InChI=1S/C21H20N6O.C2HF3O2/c1-25-10-3-5-18(25)21(28)26-11-8-17(13-26)20-23-19-7-6-16(14-27(19)24-20)15-4-2-9-22-12-15;3-2(4,5)1(6)7/h2-7,9-10,12,14,17H,8,11,13H2,1H3;(H,6,7). The number of aromatic nitrogens is 5. The van der Waals surface area contributed by atoms with Gasteiger partial charge >= 0.3 is 12.1 Å². The molecule has 12 heteroatoms. The Labute approximate surface area is 197 Å². The van der Waals surface area contributed by atoms with Gasteiger partial charge < -0.3 is 14.6 Å². The fourth-order valence-electron chi connectivity index (χ4n) is 3.78. The number of nitrogens with zero attached hydrogens (tertiary/aromatic N) is 6. The maximum atomic E-state index is 12.7. The van der Waals surface area contributed by atoms with Crippen LogP contribution in [0.5, 0.6) is 0 Å². The highest BCUT2D eigenvalue weighted by Gasteiger charge is 2.38. The van der Waals surface area contributed by atoms with Gasteiger partial charge in [-0.2, -0.15) is 18.3 Å². The Bertz CT molecular complexity index is 1350. The molecule has 0 spiro atoms. The normalized spacial score (nSPS) is 15.7. The van der Waals surface area contributed by atoms with E-state index >= 15 is 0 Å². The average Bonchev–Trinajstić information content (AvgIpc) is 3.57. The van der Waals surface area contributed by atoms with Crippen LogP contribution in [0, 0.1) is 0 Å². The summed E-state index contributed by atoms with van der Waals surface area (Å²) < 4.78 is 35.4. The summed E-state index contributed by atoms with van der Waals surface area (Å²) in [5.74, 6) is -1.73. The second-order valence-electron chi connectivity index (χ2n) is 7.98. The lowest BCUT2D eigenvalue weighted by atomic mass is 10.1. The predicted molar refractivity (Wildman–Crippen MR) is 119 cm³/mol. The van der Waals surface area contributed by atoms with Crippen LogP contribution >= 0.6 is 0 Å². The molecule has 1 fully saturated rings. The first-order valence-corrected chi connectivity index (χ1v) is 10.6. The van der Waals surface area contributed by atoms with Crippen LogP contribution in [0.15, 0.2) is 61.2 Å². The Morgan fingerprint density at radius 2 is 1.89 bits per heavy atom. The van der Waals surface area contributed by atoms with E-state index in [9.17, 15) is 18.0 Å². The molecule has 4 aromatic heterocycles. The van der Waals surface area contributed by atoms with E-state index in [1.165, 1.54) is 0 Å². The zero-order chi connectivity index (χ0) is 25.2. The van der Waals surface area contributed by atoms with Crippen molar-refractivity contribution in [3.05, 3.63) is 72.7 Å². The van der Waals surface area contributed by atoms with E-state index in [-0.39, 0.29) is 11.8 Å². The zero-order valence-corrected chi connectivity index (χ0v) is 18.6. The monoisotopic (exact) mass is 486 g/mol. The molecule has 0 aromatic carbocycles. The van der Waals surface area contributed by atoms with Crippen LogP contribution in [-0.2, 0) is 11.8 Å². The van der Waals surface area contributed by atoms with Crippen LogP contribution in [0.4, 0.5) is 13.2 Å². The fourth-order valence-corrected chi connectivity index (χ4v) is 3.78. The molecule has 0 radical (unpaired) electrons. The lowest BCUT2D eigenvalue weighted by Crippen LogP contribution is -2.30. The van der Waals surface area contributed by atoms with E-state index in [2.05, 4.69) is 4.98 Å². The molecule has 1 aliphatic heterocycles. The molecule has 35 heavy (non-hydrogen) atoms. The highest BCUT2D eigenvalue weighted by molar-refractivity contribution is 5.93. The number of carbonyl (C=O) groups is 2. The highest BCUT2D eigenvalue weighted by atomic mass is 19.4. The van der Waals surface area contributed by atoms with Gasteiger partial charge in [0.2, 0.25) is 0 Å². The van der Waals surface area contributed by atoms with Crippen molar-refractivity contribution in [2.75, 3.05) is 13.1 Å². The molecule has 0 aliphatic carbocycles. The van der Waals surface area contributed by atoms with Crippen molar-refractivity contribution in [1.29, 1.82) is 0 Å². The second kappa shape index (κ2) is 9.57. The van der Waals surface area contributed by atoms with Crippen molar-refractivity contribution in [3.8, 4) is 11.1 Å². The molecule has 9 nitrogen and oxygen atoms in total. The Morgan fingerprint density at radius 1 is 1.11 bits per heavy atom. The third kappa shape index (κ3) is 5.31. The number of hydrogen-bond acceptors (Lipinski definition) is 5. The summed E-state index contributed by atoms with van der Waals surface area (Å²) in [6.45, 7) is 1.38. The van der Waals surface area contributed by atoms with Gasteiger partial charge in [-0.3, -0.25) is 9.78 Å². The third-order valence-corrected chi connectivity index (χ3v) is 5.59. The van der Waals surface area contributed by atoms with Crippen LogP contribution in [0.2, 0.25) is 0 Å². The summed E-state index contributed by atoms with van der Waals surface area (Å²) in [5.41, 5.74) is 3.62. The van der Waals surface area contributed by atoms with Crippen LogP contribution in [0.3, 0.4) is 0 Å². The average molecular weight is 486 g/mol. The quantitative estimate of drug-likeness (QED) is 0.476. The molecule has 0 saturated carbocycles. The molecule has 1 atom stereocenters. The molecular weight excluding hydrogens is 465 g/mol. The van der Waals surface area contributed by atoms with Crippen LogP contribution in [-0.4, -0.2) is 65.3 Å². The number of carboxylic acid groups (broad SMARTS) is 1. The number of carboxylic acids is 1. The maximum Gasteiger partial charge on any atom is 0.490 e. The SMILES string of the molecule is Cn1cccc1C(=O)N1CCC(c2nc3ccc(-c4cccnc4)cn3n2)C1.O=C(O)C(F)(F)F. The van der Waals surface area contributed by atoms with Gasteiger partial charge in [0.15, 0.2) is 11.5 Å². The van der Waals surface area contributed by atoms with Gasteiger partial charge in [-0.1, -0.05) is 6.07 Å². The van der Waals surface area contributed by atoms with Gasteiger partial charge in [-0.05, 0) is 36.8 Å². The van der Waals surface area contributed by atoms with Crippen molar-refractivity contribution in [2.45, 2.75) is 18.5 Å². The number of carbonyl (C=O) groups excluding carboxylic acids is 1. The number of rotatable bonds is 3. The number of alkyl halides is 3. The number of pyridine rings is 2. The van der Waals surface area contributed by atoms with E-state index in [4.69, 9.17) is 20.0 Å². The number of aryl methyl sites for hydroxylation is 1. The molecule has 5 rings (SSSR count). The van der Waals surface area contributed by atoms with Gasteiger partial charge in [0.1, 0.15) is 5.69 Å². The minimum atomic E-state index is -5.08. The topological polar surface area (TPSA) is 106 Å². The van der Waals surface area contributed by atoms with Crippen LogP contribution in [0.25, 0.3) is 16.8 Å². The smallest absolute Gasteiger partial charge is 0.475 e. The second-order valence-corrected chi connectivity index (χ2v) is 7.98. The largest absolute Gasteiger partial charge is 0.490 e. The maximum absolute atomic E-state index is 12.7. The minimum Gasteiger partial charge on any atom is -0.475 e. The Hall–Kier alpha value is -4.22. The van der Waals surface area contributed by atoms with E-state index in [0.717, 1.165) is 35.6 Å². The number of hydrogen-bond donors (Lipinski definition) is 1. The van der Waals surface area contributed by atoms with Crippen molar-refractivity contribution in [1.82, 2.24) is 29.0 Å². The van der Waals surface area contributed by atoms with Gasteiger partial charge in [0.05, 0.1) is 0 Å². The van der Waals surface area contributed by atoms with Crippen molar-refractivity contribution in [2.24, 2.45) is 7.05 Å². The number of likely N-dealkylation sites (tertiary alicyclic amines) is 1. The molecule has 182 valence electrons. The predicted octanol–water partition coefficient (Wildman–Crippen LogP) is 3.39. The van der Waals surface area contributed by atoms with Crippen molar-refractivity contribution < 1.29 is 27.9 Å². The summed E-state index contributed by atoms with van der Waals surface area (Å²) in [6, 6.07) is 11.7. The third-order valence-electron chi connectivity index (χ3n) is 5.59. The number of amides is 1. The van der Waals surface area contributed by atoms with E-state index in [0.29, 0.717) is 12.2 Å². The molecule has 5 heterocycles. The van der Waals surface area contributed by atoms with Crippen molar-refractivity contribution >= 4 is 17.5 Å². The van der Waals surface area contributed by atoms with E-state index in [1.807, 2.05) is 76.0 Å². The summed E-state index contributed by atoms with van der Waals surface area (Å²) in [6.07, 6.45) is 3.26. The van der Waals surface area contributed by atoms with Crippen molar-refractivity contribution in [3.63, 3.8) is 0 Å². The zero-order valence-electron chi connectivity index (χ0n) is 18.6. The number of halogens is 3. The number of fused-ring (bicyclic) bond motifs is 1. The molecule has 4 aromatic rings. The summed E-state index contributed by atoms with van der Waals surface area (Å²) in [7, 11) is 1.89. The molecule has 1 saturated heterocycles. The summed E-state index contributed by atoms with van der Waals surface area (Å²) in [5, 5.41) is 11.8. The molecular formula is C23H21F3N6O3. The molecule has 1 amide bonds.